The van der Waals surface area contributed by atoms with Gasteiger partial charge in [-0.3, -0.25) is 14.5 Å². The van der Waals surface area contributed by atoms with E-state index < -0.39 is 18.0 Å². The maximum Gasteiger partial charge on any atom is 0.251 e. The molecule has 28 heavy (non-hydrogen) atoms. The number of piperazine rings is 1. The quantitative estimate of drug-likeness (QED) is 0.850. The summed E-state index contributed by atoms with van der Waals surface area (Å²) in [7, 11) is 0. The van der Waals surface area contributed by atoms with Gasteiger partial charge in [-0.05, 0) is 30.4 Å². The molecule has 1 aliphatic heterocycles. The van der Waals surface area contributed by atoms with Crippen LogP contribution in [0.25, 0.3) is 0 Å². The molecule has 1 saturated carbocycles. The van der Waals surface area contributed by atoms with Gasteiger partial charge >= 0.3 is 0 Å². The SMILES string of the molecule is O=C1[C@@H](C2CC(O)C2)N(Cc2ccccc2)C(=O)CN1c1ncc(Cl)cc1F. The van der Waals surface area contributed by atoms with Gasteiger partial charge in [-0.1, -0.05) is 41.9 Å². The highest BCUT2D eigenvalue weighted by Crippen LogP contribution is 2.37. The Morgan fingerprint density at radius 2 is 1.93 bits per heavy atom. The van der Waals surface area contributed by atoms with E-state index >= 15 is 0 Å². The molecular weight excluding hydrogens is 385 g/mol. The van der Waals surface area contributed by atoms with Crippen molar-refractivity contribution in [3.63, 3.8) is 0 Å². The minimum Gasteiger partial charge on any atom is -0.393 e. The first-order chi connectivity index (χ1) is 13.4. The molecule has 6 nitrogen and oxygen atoms in total. The largest absolute Gasteiger partial charge is 0.393 e. The number of carbonyl (C=O) groups is 2. The predicted octanol–water partition coefficient (Wildman–Crippen LogP) is 2.39. The Balaban J connectivity index is 1.66. The number of halogens is 2. The summed E-state index contributed by atoms with van der Waals surface area (Å²) in [5, 5.41) is 9.83. The number of aliphatic hydroxyl groups is 1. The van der Waals surface area contributed by atoms with E-state index in [1.165, 1.54) is 6.20 Å². The summed E-state index contributed by atoms with van der Waals surface area (Å²) >= 11 is 5.75. The van der Waals surface area contributed by atoms with Crippen LogP contribution in [-0.2, 0) is 16.1 Å². The lowest BCUT2D eigenvalue weighted by Crippen LogP contribution is -2.64. The van der Waals surface area contributed by atoms with Crippen molar-refractivity contribution in [2.75, 3.05) is 11.4 Å². The zero-order chi connectivity index (χ0) is 19.8. The molecule has 146 valence electrons. The second-order valence-corrected chi connectivity index (χ2v) is 7.66. The highest BCUT2D eigenvalue weighted by atomic mass is 35.5. The summed E-state index contributed by atoms with van der Waals surface area (Å²) in [4.78, 5) is 32.8. The van der Waals surface area contributed by atoms with E-state index in [9.17, 15) is 19.1 Å². The molecule has 1 N–H and O–H groups in total. The van der Waals surface area contributed by atoms with Crippen LogP contribution < -0.4 is 4.90 Å². The molecule has 0 bridgehead atoms. The molecule has 1 aliphatic carbocycles. The second kappa shape index (κ2) is 7.48. The highest BCUT2D eigenvalue weighted by Gasteiger charge is 2.48. The fraction of sp³-hybridized carbons (Fsp3) is 0.350. The van der Waals surface area contributed by atoms with Crippen LogP contribution in [0.5, 0.6) is 0 Å². The number of rotatable bonds is 4. The maximum atomic E-state index is 14.4. The van der Waals surface area contributed by atoms with Crippen molar-refractivity contribution < 1.29 is 19.1 Å². The van der Waals surface area contributed by atoms with E-state index in [0.29, 0.717) is 12.8 Å². The Morgan fingerprint density at radius 1 is 1.21 bits per heavy atom. The van der Waals surface area contributed by atoms with E-state index in [2.05, 4.69) is 4.98 Å². The van der Waals surface area contributed by atoms with Gasteiger partial charge in [-0.2, -0.15) is 0 Å². The van der Waals surface area contributed by atoms with Gasteiger partial charge in [0.25, 0.3) is 5.91 Å². The molecule has 1 aromatic heterocycles. The van der Waals surface area contributed by atoms with Crippen LogP contribution in [0.3, 0.4) is 0 Å². The number of anilines is 1. The summed E-state index contributed by atoms with van der Waals surface area (Å²) in [6.45, 7) is -0.00393. The van der Waals surface area contributed by atoms with Gasteiger partial charge in [0.2, 0.25) is 5.91 Å². The molecule has 1 saturated heterocycles. The van der Waals surface area contributed by atoms with Crippen LogP contribution in [0.1, 0.15) is 18.4 Å². The Morgan fingerprint density at radius 3 is 2.57 bits per heavy atom. The number of hydrogen-bond acceptors (Lipinski definition) is 4. The standard InChI is InChI=1S/C20H19ClFN3O3/c21-14-8-16(22)19(23-9-14)25-11-17(27)24(10-12-4-2-1-3-5-12)18(20(25)28)13-6-15(26)7-13/h1-5,8-9,13,15,18,26H,6-7,10-11H2/t13?,15?,18-/m1/s1. The molecule has 2 fully saturated rings. The fourth-order valence-corrected chi connectivity index (χ4v) is 3.99. The number of amides is 2. The monoisotopic (exact) mass is 403 g/mol. The third-order valence-corrected chi connectivity index (χ3v) is 5.51. The van der Waals surface area contributed by atoms with E-state index in [1.807, 2.05) is 30.3 Å². The molecular formula is C20H19ClFN3O3. The first-order valence-electron chi connectivity index (χ1n) is 9.08. The topological polar surface area (TPSA) is 73.7 Å². The van der Waals surface area contributed by atoms with Gasteiger partial charge < -0.3 is 10.0 Å². The highest BCUT2D eigenvalue weighted by molar-refractivity contribution is 6.30. The summed E-state index contributed by atoms with van der Waals surface area (Å²) < 4.78 is 14.4. The molecule has 2 aromatic rings. The molecule has 1 atom stereocenters. The number of nitrogens with zero attached hydrogens (tertiary/aromatic N) is 3. The maximum absolute atomic E-state index is 14.4. The molecule has 4 rings (SSSR count). The van der Waals surface area contributed by atoms with Gasteiger partial charge in [0.05, 0.1) is 11.1 Å². The lowest BCUT2D eigenvalue weighted by Gasteiger charge is -2.47. The first-order valence-corrected chi connectivity index (χ1v) is 9.45. The van der Waals surface area contributed by atoms with E-state index in [0.717, 1.165) is 16.5 Å². The molecule has 8 heteroatoms. The minimum absolute atomic E-state index is 0.112. The molecule has 1 aromatic carbocycles. The third-order valence-electron chi connectivity index (χ3n) is 5.30. The van der Waals surface area contributed by atoms with Crippen molar-refractivity contribution in [3.05, 3.63) is 59.0 Å². The van der Waals surface area contributed by atoms with Gasteiger partial charge in [-0.15, -0.1) is 0 Å². The number of hydrogen-bond donors (Lipinski definition) is 1. The van der Waals surface area contributed by atoms with Crippen molar-refractivity contribution in [2.45, 2.75) is 31.5 Å². The average molecular weight is 404 g/mol. The minimum atomic E-state index is -0.762. The lowest BCUT2D eigenvalue weighted by atomic mass is 9.75. The Bertz CT molecular complexity index is 905. The van der Waals surface area contributed by atoms with Gasteiger partial charge in [-0.25, -0.2) is 9.37 Å². The van der Waals surface area contributed by atoms with Crippen LogP contribution >= 0.6 is 11.6 Å². The van der Waals surface area contributed by atoms with Crippen LogP contribution in [0.4, 0.5) is 10.2 Å². The number of pyridine rings is 1. The van der Waals surface area contributed by atoms with E-state index in [-0.39, 0.29) is 41.7 Å². The molecule has 2 amide bonds. The Labute approximate surface area is 166 Å². The van der Waals surface area contributed by atoms with Crippen LogP contribution in [0.15, 0.2) is 42.6 Å². The van der Waals surface area contributed by atoms with Crippen molar-refractivity contribution in [3.8, 4) is 0 Å². The van der Waals surface area contributed by atoms with Gasteiger partial charge in [0.15, 0.2) is 11.6 Å². The lowest BCUT2D eigenvalue weighted by molar-refractivity contribution is -0.149. The van der Waals surface area contributed by atoms with Gasteiger partial charge in [0, 0.05) is 12.7 Å². The smallest absolute Gasteiger partial charge is 0.251 e. The predicted molar refractivity (Wildman–Crippen MR) is 101 cm³/mol. The van der Waals surface area contributed by atoms with E-state index in [1.54, 1.807) is 4.90 Å². The van der Waals surface area contributed by atoms with Crippen molar-refractivity contribution >= 4 is 29.2 Å². The number of aromatic nitrogens is 1. The van der Waals surface area contributed by atoms with Crippen LogP contribution in [-0.4, -0.2) is 45.5 Å². The van der Waals surface area contributed by atoms with E-state index in [4.69, 9.17) is 11.6 Å². The zero-order valence-corrected chi connectivity index (χ0v) is 15.7. The Kier molecular flexibility index (Phi) is 5.03. The third kappa shape index (κ3) is 3.47. The van der Waals surface area contributed by atoms with Crippen molar-refractivity contribution in [1.29, 1.82) is 0 Å². The summed E-state index contributed by atoms with van der Waals surface area (Å²) in [5.74, 6) is -1.80. The molecule has 0 spiro atoms. The van der Waals surface area contributed by atoms with Crippen molar-refractivity contribution in [2.24, 2.45) is 5.92 Å². The molecule has 2 aliphatic rings. The second-order valence-electron chi connectivity index (χ2n) is 7.22. The molecule has 0 unspecified atom stereocenters. The summed E-state index contributed by atoms with van der Waals surface area (Å²) in [5.41, 5.74) is 0.901. The van der Waals surface area contributed by atoms with Gasteiger partial charge in [0.1, 0.15) is 12.6 Å². The average Bonchev–Trinajstić information content (AvgIpc) is 2.64. The molecule has 0 radical (unpaired) electrons. The number of carbonyl (C=O) groups excluding carboxylic acids is 2. The number of aliphatic hydroxyl groups excluding tert-OH is 1. The van der Waals surface area contributed by atoms with Crippen LogP contribution in [0.2, 0.25) is 5.02 Å². The first kappa shape index (κ1) is 18.8. The fourth-order valence-electron chi connectivity index (χ4n) is 3.85. The normalized spacial score (nSPS) is 25.0. The number of benzene rings is 1. The van der Waals surface area contributed by atoms with Crippen LogP contribution in [0, 0.1) is 11.7 Å². The summed E-state index contributed by atoms with van der Waals surface area (Å²) in [6, 6.07) is 9.69. The molecule has 2 heterocycles. The van der Waals surface area contributed by atoms with Crippen molar-refractivity contribution in [1.82, 2.24) is 9.88 Å². The zero-order valence-electron chi connectivity index (χ0n) is 15.0. The summed E-state index contributed by atoms with van der Waals surface area (Å²) in [6.07, 6.45) is 1.63. The Hall–Kier alpha value is -2.51.